The molecule has 0 fully saturated rings. The van der Waals surface area contributed by atoms with Crippen molar-refractivity contribution in [3.8, 4) is 34.5 Å². The maximum absolute atomic E-state index is 10.6. The third-order valence-electron chi connectivity index (χ3n) is 7.87. The number of hydrogen-bond acceptors (Lipinski definition) is 10. The average molecular weight is 787 g/mol. The normalized spacial score (nSPS) is 9.93. The summed E-state index contributed by atoms with van der Waals surface area (Å²) in [4.78, 5) is 19.3. The lowest BCUT2D eigenvalue weighted by molar-refractivity contribution is 0.112. The standard InChI is InChI=1S/C16H20N2O2.C14H20O3.C10H12O3.C4H8.C3H6/c1-10-6-15(19-4)16(20-5)8-13(10)7-14-9-17-12(3)18-11(14)2;1-10(9-15-3)6-12-8-14(17-5)13(16-4)7-11(12)2;1-7-4-9(12-2)10(13-3)5-8(7)6-11;1-4(2)3;1-3-2/h6,8-9H,7H2,1-5H3;6-8H,9H2,1-5H3;4-6H,1-3H3;1H2,2-3H3;3H,1H2,2H3/b;10-6+;;;. The highest BCUT2D eigenvalue weighted by Gasteiger charge is 2.12. The van der Waals surface area contributed by atoms with Crippen LogP contribution >= 0.6 is 0 Å². The van der Waals surface area contributed by atoms with Crippen molar-refractivity contribution in [2.24, 2.45) is 0 Å². The van der Waals surface area contributed by atoms with Gasteiger partial charge in [-0.25, -0.2) is 9.97 Å². The summed E-state index contributed by atoms with van der Waals surface area (Å²) in [5, 5.41) is 0. The molecule has 4 aromatic rings. The van der Waals surface area contributed by atoms with Crippen molar-refractivity contribution in [2.75, 3.05) is 56.4 Å². The zero-order chi connectivity index (χ0) is 43.7. The van der Waals surface area contributed by atoms with Crippen LogP contribution in [0.2, 0.25) is 0 Å². The van der Waals surface area contributed by atoms with Gasteiger partial charge in [0.1, 0.15) is 12.1 Å². The number of carbonyl (C=O) groups excluding carboxylic acids is 1. The topological polar surface area (TPSA) is 107 Å². The Hall–Kier alpha value is -5.61. The molecule has 0 N–H and O–H groups in total. The molecule has 0 spiro atoms. The van der Waals surface area contributed by atoms with Gasteiger partial charge in [0.15, 0.2) is 34.5 Å². The Morgan fingerprint density at radius 1 is 0.632 bits per heavy atom. The van der Waals surface area contributed by atoms with E-state index in [1.54, 1.807) is 68.0 Å². The van der Waals surface area contributed by atoms with Gasteiger partial charge in [-0.1, -0.05) is 17.7 Å². The first kappa shape index (κ1) is 51.4. The summed E-state index contributed by atoms with van der Waals surface area (Å²) in [6.07, 6.45) is 7.34. The van der Waals surface area contributed by atoms with E-state index < -0.39 is 0 Å². The van der Waals surface area contributed by atoms with Crippen molar-refractivity contribution in [2.45, 2.75) is 68.7 Å². The van der Waals surface area contributed by atoms with E-state index >= 15 is 0 Å². The number of ether oxygens (including phenoxy) is 7. The van der Waals surface area contributed by atoms with Gasteiger partial charge in [0.25, 0.3) is 0 Å². The highest BCUT2D eigenvalue weighted by molar-refractivity contribution is 5.79. The van der Waals surface area contributed by atoms with Gasteiger partial charge in [0.05, 0.1) is 49.3 Å². The Morgan fingerprint density at radius 2 is 1.02 bits per heavy atom. The van der Waals surface area contributed by atoms with Gasteiger partial charge in [-0.05, 0) is 138 Å². The molecule has 0 saturated carbocycles. The minimum atomic E-state index is 0.579. The number of hydrogen-bond donors (Lipinski definition) is 0. The molecule has 57 heavy (non-hydrogen) atoms. The lowest BCUT2D eigenvalue weighted by Crippen LogP contribution is -2.01. The van der Waals surface area contributed by atoms with Crippen LogP contribution in [0.15, 0.2) is 73.0 Å². The van der Waals surface area contributed by atoms with Gasteiger partial charge >= 0.3 is 0 Å². The number of aromatic nitrogens is 2. The molecule has 3 aromatic carbocycles. The Morgan fingerprint density at radius 3 is 1.42 bits per heavy atom. The van der Waals surface area contributed by atoms with Gasteiger partial charge in [0.2, 0.25) is 0 Å². The fraction of sp³-hybridized carbons (Fsp3) is 0.383. The predicted molar refractivity (Wildman–Crippen MR) is 234 cm³/mol. The van der Waals surface area contributed by atoms with Crippen LogP contribution in [-0.2, 0) is 11.2 Å². The molecule has 0 aliphatic rings. The summed E-state index contributed by atoms with van der Waals surface area (Å²) in [6.45, 7) is 25.3. The van der Waals surface area contributed by atoms with Crippen LogP contribution in [-0.4, -0.2) is 72.6 Å². The monoisotopic (exact) mass is 786 g/mol. The second kappa shape index (κ2) is 27.9. The van der Waals surface area contributed by atoms with E-state index in [9.17, 15) is 4.79 Å². The number of aldehydes is 1. The third-order valence-corrected chi connectivity index (χ3v) is 7.87. The Kier molecular flexibility index (Phi) is 25.1. The van der Waals surface area contributed by atoms with Crippen molar-refractivity contribution < 1.29 is 38.0 Å². The Bertz CT molecular complexity index is 1900. The fourth-order valence-electron chi connectivity index (χ4n) is 5.01. The van der Waals surface area contributed by atoms with Crippen LogP contribution in [0, 0.1) is 34.6 Å². The molecular weight excluding hydrogens is 721 g/mol. The maximum Gasteiger partial charge on any atom is 0.161 e. The minimum Gasteiger partial charge on any atom is -0.493 e. The van der Waals surface area contributed by atoms with Gasteiger partial charge in [0, 0.05) is 31.0 Å². The van der Waals surface area contributed by atoms with Gasteiger partial charge < -0.3 is 33.2 Å². The quantitative estimate of drug-likeness (QED) is 0.102. The van der Waals surface area contributed by atoms with Crippen LogP contribution in [0.3, 0.4) is 0 Å². The molecule has 1 heterocycles. The first-order chi connectivity index (χ1) is 27.0. The molecule has 0 atom stereocenters. The van der Waals surface area contributed by atoms with E-state index in [0.29, 0.717) is 23.7 Å². The van der Waals surface area contributed by atoms with Crippen molar-refractivity contribution in [3.05, 3.63) is 123 Å². The first-order valence-electron chi connectivity index (χ1n) is 18.3. The highest BCUT2D eigenvalue weighted by Crippen LogP contribution is 2.33. The molecule has 0 bridgehead atoms. The van der Waals surface area contributed by atoms with E-state index in [-0.39, 0.29) is 0 Å². The summed E-state index contributed by atoms with van der Waals surface area (Å²) in [5.41, 5.74) is 10.6. The van der Waals surface area contributed by atoms with Crippen LogP contribution in [0.4, 0.5) is 0 Å². The van der Waals surface area contributed by atoms with Crippen molar-refractivity contribution in [1.82, 2.24) is 9.97 Å². The van der Waals surface area contributed by atoms with E-state index in [4.69, 9.17) is 33.2 Å². The van der Waals surface area contributed by atoms with Crippen LogP contribution in [0.25, 0.3) is 6.08 Å². The molecule has 10 nitrogen and oxygen atoms in total. The summed E-state index contributed by atoms with van der Waals surface area (Å²) in [6, 6.07) is 11.4. The smallest absolute Gasteiger partial charge is 0.161 e. The van der Waals surface area contributed by atoms with Crippen molar-refractivity contribution in [3.63, 3.8) is 0 Å². The molecular formula is C47H66N2O8. The van der Waals surface area contributed by atoms with Gasteiger partial charge in [-0.15, -0.1) is 13.2 Å². The largest absolute Gasteiger partial charge is 0.493 e. The number of carbonyl (C=O) groups is 1. The molecule has 1 aromatic heterocycles. The first-order valence-corrected chi connectivity index (χ1v) is 18.3. The maximum atomic E-state index is 10.6. The lowest BCUT2D eigenvalue weighted by atomic mass is 10.00. The summed E-state index contributed by atoms with van der Waals surface area (Å²) < 4.78 is 36.4. The number of methoxy groups -OCH3 is 7. The zero-order valence-electron chi connectivity index (χ0n) is 37.3. The van der Waals surface area contributed by atoms with Gasteiger partial charge in [-0.2, -0.15) is 0 Å². The number of nitrogens with zero attached hydrogens (tertiary/aromatic N) is 2. The van der Waals surface area contributed by atoms with Crippen molar-refractivity contribution >= 4 is 12.4 Å². The number of benzene rings is 3. The molecule has 312 valence electrons. The molecule has 10 heteroatoms. The number of allylic oxidation sites excluding steroid dienone is 2. The molecule has 4 rings (SSSR count). The molecule has 0 amide bonds. The van der Waals surface area contributed by atoms with E-state index in [1.165, 1.54) is 22.3 Å². The summed E-state index contributed by atoms with van der Waals surface area (Å²) >= 11 is 0. The lowest BCUT2D eigenvalue weighted by Gasteiger charge is -2.13. The predicted octanol–water partition coefficient (Wildman–Crippen LogP) is 10.7. The molecule has 0 saturated heterocycles. The third kappa shape index (κ3) is 18.3. The minimum absolute atomic E-state index is 0.579. The van der Waals surface area contributed by atoms with Gasteiger partial charge in [-0.3, -0.25) is 4.79 Å². The SMILES string of the molecule is C=C(C)C.C=CC.COC/C(C)=C/c1cc(OC)c(OC)cc1C.COc1cc(C)c(C=O)cc1OC.COc1cc(C)c(Cc2cnc(C)nc2C)cc1OC. The molecule has 0 aliphatic heterocycles. The second-order valence-corrected chi connectivity index (χ2v) is 13.1. The summed E-state index contributed by atoms with van der Waals surface area (Å²) in [5.74, 6) is 5.03. The van der Waals surface area contributed by atoms with E-state index in [0.717, 1.165) is 69.5 Å². The average Bonchev–Trinajstić information content (AvgIpc) is 3.17. The second-order valence-electron chi connectivity index (χ2n) is 13.1. The highest BCUT2D eigenvalue weighted by atomic mass is 16.5. The van der Waals surface area contributed by atoms with E-state index in [1.807, 2.05) is 85.9 Å². The Balaban J connectivity index is 0.000000774. The fourth-order valence-corrected chi connectivity index (χ4v) is 5.01. The molecule has 0 unspecified atom stereocenters. The molecule has 0 aliphatic carbocycles. The summed E-state index contributed by atoms with van der Waals surface area (Å²) in [7, 11) is 11.4. The Labute approximate surface area is 342 Å². The van der Waals surface area contributed by atoms with Crippen molar-refractivity contribution in [1.29, 1.82) is 0 Å². The number of aryl methyl sites for hydroxylation is 5. The number of rotatable bonds is 12. The van der Waals surface area contributed by atoms with E-state index in [2.05, 4.69) is 36.1 Å². The van der Waals surface area contributed by atoms with Crippen LogP contribution in [0.5, 0.6) is 34.5 Å². The van der Waals surface area contributed by atoms with Crippen LogP contribution in [0.1, 0.15) is 83.0 Å². The van der Waals surface area contributed by atoms with Crippen LogP contribution < -0.4 is 28.4 Å². The molecule has 0 radical (unpaired) electrons. The zero-order valence-corrected chi connectivity index (χ0v) is 37.3.